The van der Waals surface area contributed by atoms with E-state index < -0.39 is 0 Å². The average molecular weight is 269 g/mol. The van der Waals surface area contributed by atoms with Crippen LogP contribution in [0.25, 0.3) is 0 Å². The van der Waals surface area contributed by atoms with Crippen molar-refractivity contribution in [3.63, 3.8) is 0 Å². The minimum atomic E-state index is 0.218. The van der Waals surface area contributed by atoms with Gasteiger partial charge in [0.25, 0.3) is 0 Å². The van der Waals surface area contributed by atoms with Gasteiger partial charge in [-0.25, -0.2) is 0 Å². The highest BCUT2D eigenvalue weighted by Gasteiger charge is 2.24. The highest BCUT2D eigenvalue weighted by Crippen LogP contribution is 2.40. The number of rotatable bonds is 2. The van der Waals surface area contributed by atoms with Crippen LogP contribution < -0.4 is 0 Å². The first-order valence-corrected chi connectivity index (χ1v) is 5.88. The van der Waals surface area contributed by atoms with E-state index >= 15 is 0 Å². The first-order valence-electron chi connectivity index (χ1n) is 5.08. The van der Waals surface area contributed by atoms with Crippen LogP contribution in [0.5, 0.6) is 5.75 Å². The Balaban J connectivity index is 2.34. The first-order chi connectivity index (χ1) is 7.08. The van der Waals surface area contributed by atoms with Crippen molar-refractivity contribution in [2.45, 2.75) is 32.1 Å². The second kappa shape index (κ2) is 3.97. The summed E-state index contributed by atoms with van der Waals surface area (Å²) < 4.78 is 0.740. The van der Waals surface area contributed by atoms with Crippen molar-refractivity contribution >= 4 is 21.7 Å². The van der Waals surface area contributed by atoms with Crippen LogP contribution in [-0.4, -0.2) is 10.9 Å². The molecule has 15 heavy (non-hydrogen) atoms. The molecule has 1 aliphatic carbocycles. The number of Topliss-reactive ketones (excluding diaryl/α,β-unsaturated/α-hetero) is 1. The zero-order valence-electron chi connectivity index (χ0n) is 8.59. The predicted octanol–water partition coefficient (Wildman–Crippen LogP) is 3.16. The molecule has 1 atom stereocenters. The number of phenolic OH excluding ortho intramolecular Hbond substituents is 1. The van der Waals surface area contributed by atoms with Crippen molar-refractivity contribution in [3.05, 3.63) is 27.7 Å². The van der Waals surface area contributed by atoms with E-state index in [1.165, 1.54) is 5.56 Å². The zero-order chi connectivity index (χ0) is 11.0. The summed E-state index contributed by atoms with van der Waals surface area (Å²) in [5.74, 6) is 0.788. The first kappa shape index (κ1) is 10.7. The molecular formula is C12H13BrO2. The van der Waals surface area contributed by atoms with E-state index in [0.717, 1.165) is 22.9 Å². The van der Waals surface area contributed by atoms with Crippen LogP contribution in [0.1, 0.15) is 36.8 Å². The van der Waals surface area contributed by atoms with Crippen LogP contribution in [0.4, 0.5) is 0 Å². The molecule has 80 valence electrons. The third kappa shape index (κ3) is 2.07. The maximum atomic E-state index is 11.1. The molecule has 0 heterocycles. The summed E-state index contributed by atoms with van der Waals surface area (Å²) in [7, 11) is 0. The molecule has 0 aromatic heterocycles. The van der Waals surface area contributed by atoms with Gasteiger partial charge in [0.05, 0.1) is 4.47 Å². The molecule has 0 bridgehead atoms. The van der Waals surface area contributed by atoms with Gasteiger partial charge in [-0.2, -0.15) is 0 Å². The Morgan fingerprint density at radius 1 is 1.60 bits per heavy atom. The molecule has 0 radical (unpaired) electrons. The number of ketones is 1. The molecule has 1 aliphatic rings. The quantitative estimate of drug-likeness (QED) is 0.895. The Hall–Kier alpha value is -0.830. The van der Waals surface area contributed by atoms with Gasteiger partial charge in [0.1, 0.15) is 11.5 Å². The maximum Gasteiger partial charge on any atom is 0.130 e. The molecule has 1 aromatic rings. The number of hydrogen-bond donors (Lipinski definition) is 1. The normalized spacial score (nSPS) is 18.9. The van der Waals surface area contributed by atoms with Crippen molar-refractivity contribution in [2.24, 2.45) is 0 Å². The molecule has 0 aliphatic heterocycles. The molecule has 0 fully saturated rings. The van der Waals surface area contributed by atoms with Gasteiger partial charge < -0.3 is 9.90 Å². The number of hydrogen-bond acceptors (Lipinski definition) is 2. The minimum absolute atomic E-state index is 0.218. The smallest absolute Gasteiger partial charge is 0.130 e. The van der Waals surface area contributed by atoms with Crippen molar-refractivity contribution in [2.75, 3.05) is 0 Å². The van der Waals surface area contributed by atoms with Gasteiger partial charge in [-0.3, -0.25) is 0 Å². The lowest BCUT2D eigenvalue weighted by molar-refractivity contribution is -0.117. The van der Waals surface area contributed by atoms with Gasteiger partial charge in [0.2, 0.25) is 0 Å². The minimum Gasteiger partial charge on any atom is -0.507 e. The summed E-state index contributed by atoms with van der Waals surface area (Å²) in [5, 5.41) is 9.60. The summed E-state index contributed by atoms with van der Waals surface area (Å²) >= 11 is 3.30. The van der Waals surface area contributed by atoms with E-state index in [0.29, 0.717) is 12.3 Å². The second-order valence-electron chi connectivity index (χ2n) is 4.14. The predicted molar refractivity (Wildman–Crippen MR) is 62.2 cm³/mol. The molecular weight excluding hydrogens is 256 g/mol. The largest absolute Gasteiger partial charge is 0.507 e. The molecule has 1 N–H and O–H groups in total. The van der Waals surface area contributed by atoms with Crippen LogP contribution in [-0.2, 0) is 11.2 Å². The number of fused-ring (bicyclic) bond motifs is 1. The molecule has 0 saturated heterocycles. The number of aryl methyl sites for hydroxylation is 1. The summed E-state index contributed by atoms with van der Waals surface area (Å²) in [4.78, 5) is 11.1. The maximum absolute atomic E-state index is 11.1. The summed E-state index contributed by atoms with van der Waals surface area (Å²) in [6.45, 7) is 1.62. The van der Waals surface area contributed by atoms with Crippen molar-refractivity contribution in [1.82, 2.24) is 0 Å². The summed E-state index contributed by atoms with van der Waals surface area (Å²) in [6.07, 6.45) is 2.62. The Bertz CT molecular complexity index is 412. The zero-order valence-corrected chi connectivity index (χ0v) is 10.2. The lowest BCUT2D eigenvalue weighted by Crippen LogP contribution is -2.00. The SMILES string of the molecule is CC(=O)CC1CCc2cc(Br)c(O)cc21. The van der Waals surface area contributed by atoms with Gasteiger partial charge >= 0.3 is 0 Å². The van der Waals surface area contributed by atoms with E-state index in [2.05, 4.69) is 15.9 Å². The molecule has 0 amide bonds. The lowest BCUT2D eigenvalue weighted by Gasteiger charge is -2.10. The number of halogens is 1. The van der Waals surface area contributed by atoms with Crippen molar-refractivity contribution < 1.29 is 9.90 Å². The second-order valence-corrected chi connectivity index (χ2v) is 5.00. The fourth-order valence-corrected chi connectivity index (χ4v) is 2.65. The molecule has 0 saturated carbocycles. The number of carbonyl (C=O) groups is 1. The lowest BCUT2D eigenvalue weighted by atomic mass is 9.96. The van der Waals surface area contributed by atoms with Gasteiger partial charge in [0.15, 0.2) is 0 Å². The van der Waals surface area contributed by atoms with Crippen LogP contribution in [0.2, 0.25) is 0 Å². The van der Waals surface area contributed by atoms with Gasteiger partial charge in [-0.15, -0.1) is 0 Å². The number of aromatic hydroxyl groups is 1. The topological polar surface area (TPSA) is 37.3 Å². The summed E-state index contributed by atoms with van der Waals surface area (Å²) in [6, 6.07) is 3.75. The van der Waals surface area contributed by atoms with Crippen LogP contribution in [0.15, 0.2) is 16.6 Å². The Labute approximate surface area is 97.4 Å². The fraction of sp³-hybridized carbons (Fsp3) is 0.417. The fourth-order valence-electron chi connectivity index (χ4n) is 2.26. The highest BCUT2D eigenvalue weighted by molar-refractivity contribution is 9.10. The third-order valence-electron chi connectivity index (χ3n) is 2.94. The Morgan fingerprint density at radius 2 is 2.33 bits per heavy atom. The van der Waals surface area contributed by atoms with E-state index in [1.807, 2.05) is 6.07 Å². The van der Waals surface area contributed by atoms with E-state index in [9.17, 15) is 9.90 Å². The van der Waals surface area contributed by atoms with Gasteiger partial charge in [0, 0.05) is 6.42 Å². The van der Waals surface area contributed by atoms with E-state index in [1.54, 1.807) is 13.0 Å². The van der Waals surface area contributed by atoms with Gasteiger partial charge in [-0.1, -0.05) is 0 Å². The molecule has 0 spiro atoms. The van der Waals surface area contributed by atoms with Gasteiger partial charge in [-0.05, 0) is 64.9 Å². The van der Waals surface area contributed by atoms with E-state index in [-0.39, 0.29) is 11.5 Å². The van der Waals surface area contributed by atoms with Crippen molar-refractivity contribution in [1.29, 1.82) is 0 Å². The van der Waals surface area contributed by atoms with Crippen molar-refractivity contribution in [3.8, 4) is 5.75 Å². The molecule has 1 aromatic carbocycles. The Kier molecular flexibility index (Phi) is 2.83. The standard InChI is InChI=1S/C12H13BrO2/c1-7(14)4-8-2-3-9-5-11(13)12(15)6-10(8)9/h5-6,8,15H,2-4H2,1H3. The van der Waals surface area contributed by atoms with Crippen LogP contribution in [0, 0.1) is 0 Å². The molecule has 2 nitrogen and oxygen atoms in total. The Morgan fingerprint density at radius 3 is 3.00 bits per heavy atom. The van der Waals surface area contributed by atoms with E-state index in [4.69, 9.17) is 0 Å². The number of carbonyl (C=O) groups excluding carboxylic acids is 1. The number of benzene rings is 1. The highest BCUT2D eigenvalue weighted by atomic mass is 79.9. The average Bonchev–Trinajstić information content (AvgIpc) is 2.49. The van der Waals surface area contributed by atoms with Crippen LogP contribution >= 0.6 is 15.9 Å². The molecule has 3 heteroatoms. The summed E-state index contributed by atoms with van der Waals surface area (Å²) in [5.41, 5.74) is 2.40. The molecule has 1 unspecified atom stereocenters. The number of phenols is 1. The monoisotopic (exact) mass is 268 g/mol. The third-order valence-corrected chi connectivity index (χ3v) is 3.58. The molecule has 2 rings (SSSR count). The van der Waals surface area contributed by atoms with Crippen LogP contribution in [0.3, 0.4) is 0 Å².